The SMILES string of the molecule is CCCCCNC(=O)C(C)N1CCCC(CN)C1. The van der Waals surface area contributed by atoms with Crippen LogP contribution in [0.5, 0.6) is 0 Å². The van der Waals surface area contributed by atoms with Gasteiger partial charge in [0.25, 0.3) is 0 Å². The molecule has 1 aliphatic rings. The molecule has 1 amide bonds. The van der Waals surface area contributed by atoms with Crippen LogP contribution in [0.25, 0.3) is 0 Å². The third-order valence-electron chi connectivity index (χ3n) is 3.89. The average Bonchev–Trinajstić information content (AvgIpc) is 2.42. The minimum absolute atomic E-state index is 0.0130. The Balaban J connectivity index is 2.28. The van der Waals surface area contributed by atoms with E-state index >= 15 is 0 Å². The number of unbranched alkanes of at least 4 members (excludes halogenated alkanes) is 2. The summed E-state index contributed by atoms with van der Waals surface area (Å²) in [4.78, 5) is 14.3. The maximum Gasteiger partial charge on any atom is 0.237 e. The first-order valence-electron chi connectivity index (χ1n) is 7.40. The lowest BCUT2D eigenvalue weighted by molar-refractivity contribution is -0.126. The lowest BCUT2D eigenvalue weighted by Gasteiger charge is -2.35. The second-order valence-corrected chi connectivity index (χ2v) is 5.41. The molecule has 0 saturated carbocycles. The predicted octanol–water partition coefficient (Wildman–Crippen LogP) is 1.35. The molecule has 0 bridgehead atoms. The first kappa shape index (κ1) is 15.4. The smallest absolute Gasteiger partial charge is 0.237 e. The summed E-state index contributed by atoms with van der Waals surface area (Å²) in [6, 6.07) is -0.0130. The monoisotopic (exact) mass is 255 g/mol. The van der Waals surface area contributed by atoms with Crippen molar-refractivity contribution in [2.75, 3.05) is 26.2 Å². The quantitative estimate of drug-likeness (QED) is 0.675. The number of piperidine rings is 1. The van der Waals surface area contributed by atoms with Crippen molar-refractivity contribution in [3.05, 3.63) is 0 Å². The second-order valence-electron chi connectivity index (χ2n) is 5.41. The Hall–Kier alpha value is -0.610. The van der Waals surface area contributed by atoms with Crippen LogP contribution in [0.1, 0.15) is 46.0 Å². The summed E-state index contributed by atoms with van der Waals surface area (Å²) in [5, 5.41) is 3.04. The van der Waals surface area contributed by atoms with E-state index in [1.165, 1.54) is 19.3 Å². The minimum atomic E-state index is -0.0130. The van der Waals surface area contributed by atoms with Crippen molar-refractivity contribution in [2.45, 2.75) is 52.0 Å². The first-order valence-corrected chi connectivity index (χ1v) is 7.40. The highest BCUT2D eigenvalue weighted by Gasteiger charge is 2.26. The lowest BCUT2D eigenvalue weighted by atomic mass is 9.97. The van der Waals surface area contributed by atoms with Crippen LogP contribution in [0, 0.1) is 5.92 Å². The van der Waals surface area contributed by atoms with Crippen LogP contribution in [-0.2, 0) is 4.79 Å². The van der Waals surface area contributed by atoms with Gasteiger partial charge >= 0.3 is 0 Å². The Morgan fingerprint density at radius 1 is 1.50 bits per heavy atom. The third kappa shape index (κ3) is 4.94. The van der Waals surface area contributed by atoms with Gasteiger partial charge in [-0.05, 0) is 45.2 Å². The van der Waals surface area contributed by atoms with Gasteiger partial charge in [-0.15, -0.1) is 0 Å². The molecule has 0 aromatic carbocycles. The van der Waals surface area contributed by atoms with E-state index in [2.05, 4.69) is 17.1 Å². The van der Waals surface area contributed by atoms with Gasteiger partial charge in [-0.3, -0.25) is 9.69 Å². The molecule has 1 fully saturated rings. The summed E-state index contributed by atoms with van der Waals surface area (Å²) in [7, 11) is 0. The van der Waals surface area contributed by atoms with Gasteiger partial charge in [0, 0.05) is 13.1 Å². The summed E-state index contributed by atoms with van der Waals surface area (Å²) in [5.41, 5.74) is 5.73. The fourth-order valence-electron chi connectivity index (χ4n) is 2.54. The van der Waals surface area contributed by atoms with Crippen LogP contribution < -0.4 is 11.1 Å². The van der Waals surface area contributed by atoms with E-state index in [4.69, 9.17) is 5.73 Å². The summed E-state index contributed by atoms with van der Waals surface area (Å²) in [6.45, 7) is 7.73. The van der Waals surface area contributed by atoms with Gasteiger partial charge in [-0.2, -0.15) is 0 Å². The normalized spacial score (nSPS) is 22.7. The molecule has 2 atom stereocenters. The van der Waals surface area contributed by atoms with Crippen LogP contribution in [0.3, 0.4) is 0 Å². The Kier molecular flexibility index (Phi) is 7.28. The molecule has 1 rings (SSSR count). The maximum absolute atomic E-state index is 12.0. The number of nitrogens with two attached hydrogens (primary N) is 1. The highest BCUT2D eigenvalue weighted by atomic mass is 16.2. The van der Waals surface area contributed by atoms with Crippen LogP contribution >= 0.6 is 0 Å². The van der Waals surface area contributed by atoms with Crippen molar-refractivity contribution in [1.82, 2.24) is 10.2 Å². The number of carbonyl (C=O) groups is 1. The molecule has 4 heteroatoms. The summed E-state index contributed by atoms with van der Waals surface area (Å²) < 4.78 is 0. The zero-order chi connectivity index (χ0) is 13.4. The number of nitrogens with zero attached hydrogens (tertiary/aromatic N) is 1. The summed E-state index contributed by atoms with van der Waals surface area (Å²) in [5.74, 6) is 0.734. The fraction of sp³-hybridized carbons (Fsp3) is 0.929. The third-order valence-corrected chi connectivity index (χ3v) is 3.89. The molecule has 18 heavy (non-hydrogen) atoms. The van der Waals surface area contributed by atoms with Crippen molar-refractivity contribution in [2.24, 2.45) is 11.7 Å². The van der Waals surface area contributed by atoms with E-state index in [9.17, 15) is 4.79 Å². The van der Waals surface area contributed by atoms with Gasteiger partial charge in [0.05, 0.1) is 6.04 Å². The molecule has 0 aromatic rings. The minimum Gasteiger partial charge on any atom is -0.355 e. The Morgan fingerprint density at radius 2 is 2.28 bits per heavy atom. The van der Waals surface area contributed by atoms with Crippen molar-refractivity contribution >= 4 is 5.91 Å². The van der Waals surface area contributed by atoms with Crippen molar-refractivity contribution in [1.29, 1.82) is 0 Å². The van der Waals surface area contributed by atoms with E-state index in [1.54, 1.807) is 0 Å². The zero-order valence-corrected chi connectivity index (χ0v) is 12.0. The summed E-state index contributed by atoms with van der Waals surface area (Å²) >= 11 is 0. The van der Waals surface area contributed by atoms with Crippen LogP contribution in [0.2, 0.25) is 0 Å². The Bertz CT molecular complexity index is 245. The fourth-order valence-corrected chi connectivity index (χ4v) is 2.54. The van der Waals surface area contributed by atoms with E-state index in [1.807, 2.05) is 6.92 Å². The standard InChI is InChI=1S/C14H29N3O/c1-3-4-5-8-16-14(18)12(2)17-9-6-7-13(10-15)11-17/h12-13H,3-11,15H2,1-2H3,(H,16,18). The van der Waals surface area contributed by atoms with E-state index in [0.29, 0.717) is 5.92 Å². The molecule has 0 radical (unpaired) electrons. The van der Waals surface area contributed by atoms with Crippen molar-refractivity contribution in [3.8, 4) is 0 Å². The van der Waals surface area contributed by atoms with E-state index in [-0.39, 0.29) is 11.9 Å². The zero-order valence-electron chi connectivity index (χ0n) is 12.0. The molecule has 0 aromatic heterocycles. The summed E-state index contributed by atoms with van der Waals surface area (Å²) in [6.07, 6.45) is 5.83. The van der Waals surface area contributed by atoms with Gasteiger partial charge in [0.1, 0.15) is 0 Å². The average molecular weight is 255 g/mol. The first-order chi connectivity index (χ1) is 8.69. The molecule has 1 aliphatic heterocycles. The molecule has 1 heterocycles. The van der Waals surface area contributed by atoms with Crippen LogP contribution in [0.4, 0.5) is 0 Å². The Labute approximate surface area is 111 Å². The van der Waals surface area contributed by atoms with Gasteiger partial charge in [-0.1, -0.05) is 19.8 Å². The highest BCUT2D eigenvalue weighted by Crippen LogP contribution is 2.17. The lowest BCUT2D eigenvalue weighted by Crippen LogP contribution is -2.50. The largest absolute Gasteiger partial charge is 0.355 e. The van der Waals surface area contributed by atoms with Gasteiger partial charge in [-0.25, -0.2) is 0 Å². The van der Waals surface area contributed by atoms with Gasteiger partial charge in [0.2, 0.25) is 5.91 Å². The second kappa shape index (κ2) is 8.48. The van der Waals surface area contributed by atoms with E-state index in [0.717, 1.165) is 39.0 Å². The number of hydrogen-bond donors (Lipinski definition) is 2. The molecule has 4 nitrogen and oxygen atoms in total. The maximum atomic E-state index is 12.0. The van der Waals surface area contributed by atoms with E-state index < -0.39 is 0 Å². The number of rotatable bonds is 7. The molecule has 0 spiro atoms. The highest BCUT2D eigenvalue weighted by molar-refractivity contribution is 5.81. The molecular weight excluding hydrogens is 226 g/mol. The molecule has 3 N–H and O–H groups in total. The molecule has 2 unspecified atom stereocenters. The van der Waals surface area contributed by atoms with Crippen molar-refractivity contribution in [3.63, 3.8) is 0 Å². The van der Waals surface area contributed by atoms with Gasteiger partial charge in [0.15, 0.2) is 0 Å². The van der Waals surface area contributed by atoms with Crippen LogP contribution in [-0.4, -0.2) is 43.0 Å². The number of amides is 1. The van der Waals surface area contributed by atoms with Crippen LogP contribution in [0.15, 0.2) is 0 Å². The topological polar surface area (TPSA) is 58.4 Å². The van der Waals surface area contributed by atoms with Gasteiger partial charge < -0.3 is 11.1 Å². The molecule has 106 valence electrons. The number of likely N-dealkylation sites (tertiary alicyclic amines) is 1. The molecule has 1 saturated heterocycles. The number of carbonyl (C=O) groups excluding carboxylic acids is 1. The molecule has 0 aliphatic carbocycles. The van der Waals surface area contributed by atoms with Crippen molar-refractivity contribution < 1.29 is 4.79 Å². The molecular formula is C14H29N3O. The predicted molar refractivity (Wildman–Crippen MR) is 75.3 cm³/mol. The number of nitrogens with one attached hydrogen (secondary N) is 1. The Morgan fingerprint density at radius 3 is 2.94 bits per heavy atom. The number of hydrogen-bond acceptors (Lipinski definition) is 3.